The zero-order valence-corrected chi connectivity index (χ0v) is 23.2. The minimum Gasteiger partial charge on any atom is -0.309 e. The molecule has 1 aromatic heterocycles. The fourth-order valence-electron chi connectivity index (χ4n) is 6.36. The third-order valence-corrected chi connectivity index (χ3v) is 11.3. The maximum absolute atomic E-state index is 15.2. The van der Waals surface area contributed by atoms with Gasteiger partial charge < -0.3 is 9.13 Å². The summed E-state index contributed by atoms with van der Waals surface area (Å²) in [5, 5.41) is 9.68. The Morgan fingerprint density at radius 1 is 0.390 bits per heavy atom. The molecule has 194 valence electrons. The van der Waals surface area contributed by atoms with Gasteiger partial charge in [-0.25, -0.2) is 0 Å². The molecule has 0 N–H and O–H groups in total. The number of rotatable bonds is 4. The van der Waals surface area contributed by atoms with E-state index in [-0.39, 0.29) is 0 Å². The number of para-hydroxylation sites is 1. The molecule has 8 rings (SSSR count). The van der Waals surface area contributed by atoms with Gasteiger partial charge in [0.05, 0.1) is 16.7 Å². The van der Waals surface area contributed by atoms with Crippen molar-refractivity contribution in [2.75, 3.05) is 0 Å². The van der Waals surface area contributed by atoms with E-state index in [0.29, 0.717) is 0 Å². The van der Waals surface area contributed by atoms with Crippen molar-refractivity contribution >= 4 is 66.4 Å². The first-order valence-corrected chi connectivity index (χ1v) is 15.6. The van der Waals surface area contributed by atoms with Crippen LogP contribution in [0.1, 0.15) is 0 Å². The Kier molecular flexibility index (Phi) is 5.45. The van der Waals surface area contributed by atoms with E-state index in [4.69, 9.17) is 0 Å². The molecule has 0 saturated heterocycles. The van der Waals surface area contributed by atoms with Crippen LogP contribution in [0.5, 0.6) is 0 Å². The molecule has 0 spiro atoms. The Morgan fingerprint density at radius 2 is 0.927 bits per heavy atom. The highest BCUT2D eigenvalue weighted by atomic mass is 31.2. The van der Waals surface area contributed by atoms with Crippen LogP contribution in [0, 0.1) is 0 Å². The molecule has 0 fully saturated rings. The Hall–Kier alpha value is -4.91. The molecule has 2 nitrogen and oxygen atoms in total. The standard InChI is InChI=1S/C38H26NOP/c40-41(28-14-3-1-4-15-28,29-16-5-2-6-17-29)30-23-24-37-35(26-30)34-21-11-12-22-36(34)39(37)38-25-27-13-7-8-18-31(27)32-19-9-10-20-33(32)38/h1-26H. The highest BCUT2D eigenvalue weighted by molar-refractivity contribution is 7.85. The molecule has 41 heavy (non-hydrogen) atoms. The topological polar surface area (TPSA) is 22.0 Å². The van der Waals surface area contributed by atoms with Crippen LogP contribution in [0.4, 0.5) is 0 Å². The summed E-state index contributed by atoms with van der Waals surface area (Å²) >= 11 is 0. The fourth-order valence-corrected chi connectivity index (χ4v) is 9.03. The Balaban J connectivity index is 1.46. The van der Waals surface area contributed by atoms with E-state index in [2.05, 4.69) is 102 Å². The van der Waals surface area contributed by atoms with Crippen molar-refractivity contribution in [1.82, 2.24) is 4.57 Å². The SMILES string of the molecule is O=P(c1ccccc1)(c1ccccc1)c1ccc2c(c1)c1ccccc1n2-c1cc2ccccc2c2ccccc12. The average molecular weight is 544 g/mol. The second-order valence-corrected chi connectivity index (χ2v) is 13.3. The maximum Gasteiger partial charge on any atom is 0.171 e. The molecule has 0 amide bonds. The first-order valence-electron chi connectivity index (χ1n) is 13.9. The summed E-state index contributed by atoms with van der Waals surface area (Å²) in [5.74, 6) is 0. The first-order chi connectivity index (χ1) is 20.2. The average Bonchev–Trinajstić information content (AvgIpc) is 3.38. The number of fused-ring (bicyclic) bond motifs is 6. The van der Waals surface area contributed by atoms with Crippen LogP contribution in [0.2, 0.25) is 0 Å². The van der Waals surface area contributed by atoms with Crippen LogP contribution < -0.4 is 15.9 Å². The number of hydrogen-bond donors (Lipinski definition) is 0. The van der Waals surface area contributed by atoms with Crippen molar-refractivity contribution in [3.05, 3.63) is 158 Å². The first kappa shape index (κ1) is 23.9. The van der Waals surface area contributed by atoms with Gasteiger partial charge in [-0.1, -0.05) is 127 Å². The molecule has 3 heteroatoms. The molecule has 0 aliphatic heterocycles. The second-order valence-electron chi connectivity index (χ2n) is 10.5. The molecule has 0 unspecified atom stereocenters. The van der Waals surface area contributed by atoms with Crippen LogP contribution in [-0.2, 0) is 4.57 Å². The summed E-state index contributed by atoms with van der Waals surface area (Å²) in [5.41, 5.74) is 3.38. The smallest absolute Gasteiger partial charge is 0.171 e. The van der Waals surface area contributed by atoms with E-state index in [1.54, 1.807) is 0 Å². The van der Waals surface area contributed by atoms with Crippen molar-refractivity contribution in [1.29, 1.82) is 0 Å². The summed E-state index contributed by atoms with van der Waals surface area (Å²) in [6, 6.07) is 54.3. The minimum absolute atomic E-state index is 0.841. The third-order valence-electron chi connectivity index (χ3n) is 8.25. The van der Waals surface area contributed by atoms with Crippen LogP contribution in [0.3, 0.4) is 0 Å². The highest BCUT2D eigenvalue weighted by Gasteiger charge is 2.30. The number of nitrogens with zero attached hydrogens (tertiary/aromatic N) is 1. The zero-order valence-electron chi connectivity index (χ0n) is 22.3. The van der Waals surface area contributed by atoms with E-state index in [1.807, 2.05) is 60.7 Å². The largest absolute Gasteiger partial charge is 0.309 e. The van der Waals surface area contributed by atoms with E-state index >= 15 is 4.57 Å². The van der Waals surface area contributed by atoms with E-state index in [0.717, 1.165) is 43.4 Å². The lowest BCUT2D eigenvalue weighted by Crippen LogP contribution is -2.24. The van der Waals surface area contributed by atoms with Gasteiger partial charge in [0, 0.05) is 32.1 Å². The van der Waals surface area contributed by atoms with Crippen LogP contribution in [-0.4, -0.2) is 4.57 Å². The van der Waals surface area contributed by atoms with E-state index in [1.165, 1.54) is 21.5 Å². The molecular weight excluding hydrogens is 517 g/mol. The normalized spacial score (nSPS) is 12.0. The van der Waals surface area contributed by atoms with E-state index in [9.17, 15) is 0 Å². The van der Waals surface area contributed by atoms with Crippen molar-refractivity contribution in [2.24, 2.45) is 0 Å². The molecular formula is C38H26NOP. The maximum atomic E-state index is 15.2. The van der Waals surface area contributed by atoms with Gasteiger partial charge in [-0.2, -0.15) is 0 Å². The molecule has 1 heterocycles. The zero-order chi connectivity index (χ0) is 27.4. The van der Waals surface area contributed by atoms with Crippen LogP contribution in [0.25, 0.3) is 49.0 Å². The molecule has 0 aliphatic carbocycles. The number of hydrogen-bond acceptors (Lipinski definition) is 1. The lowest BCUT2D eigenvalue weighted by atomic mass is 10.00. The van der Waals surface area contributed by atoms with Crippen molar-refractivity contribution < 1.29 is 4.57 Å². The van der Waals surface area contributed by atoms with Gasteiger partial charge in [-0.15, -0.1) is 0 Å². The van der Waals surface area contributed by atoms with Crippen LogP contribution in [0.15, 0.2) is 158 Å². The molecule has 0 aliphatic rings. The Bertz CT molecular complexity index is 2240. The monoisotopic (exact) mass is 543 g/mol. The predicted molar refractivity (Wildman–Crippen MR) is 175 cm³/mol. The van der Waals surface area contributed by atoms with Gasteiger partial charge in [-0.3, -0.25) is 0 Å². The minimum atomic E-state index is -3.10. The van der Waals surface area contributed by atoms with Crippen molar-refractivity contribution in [3.8, 4) is 5.69 Å². The number of benzene rings is 7. The molecule has 0 radical (unpaired) electrons. The molecule has 0 bridgehead atoms. The van der Waals surface area contributed by atoms with Gasteiger partial charge in [0.1, 0.15) is 0 Å². The fraction of sp³-hybridized carbons (Fsp3) is 0. The molecule has 0 atom stereocenters. The van der Waals surface area contributed by atoms with Gasteiger partial charge in [-0.05, 0) is 46.5 Å². The third kappa shape index (κ3) is 3.62. The number of aromatic nitrogens is 1. The van der Waals surface area contributed by atoms with Crippen molar-refractivity contribution in [3.63, 3.8) is 0 Å². The summed E-state index contributed by atoms with van der Waals surface area (Å²) < 4.78 is 17.6. The lowest BCUT2D eigenvalue weighted by Gasteiger charge is -2.20. The van der Waals surface area contributed by atoms with Gasteiger partial charge in [0.2, 0.25) is 0 Å². The Morgan fingerprint density at radius 3 is 1.63 bits per heavy atom. The Labute approximate surface area is 238 Å². The van der Waals surface area contributed by atoms with Gasteiger partial charge in [0.15, 0.2) is 7.14 Å². The predicted octanol–water partition coefficient (Wildman–Crippen LogP) is 8.73. The summed E-state index contributed by atoms with van der Waals surface area (Å²) in [6.45, 7) is 0. The quantitative estimate of drug-likeness (QED) is 0.161. The van der Waals surface area contributed by atoms with Gasteiger partial charge >= 0.3 is 0 Å². The molecule has 8 aromatic rings. The lowest BCUT2D eigenvalue weighted by molar-refractivity contribution is 0.592. The van der Waals surface area contributed by atoms with Crippen LogP contribution >= 0.6 is 7.14 Å². The van der Waals surface area contributed by atoms with E-state index < -0.39 is 7.14 Å². The summed E-state index contributed by atoms with van der Waals surface area (Å²) in [7, 11) is -3.10. The van der Waals surface area contributed by atoms with Gasteiger partial charge in [0.25, 0.3) is 0 Å². The highest BCUT2D eigenvalue weighted by Crippen LogP contribution is 2.44. The van der Waals surface area contributed by atoms with Crippen molar-refractivity contribution in [2.45, 2.75) is 0 Å². The second kappa shape index (κ2) is 9.34. The summed E-state index contributed by atoms with van der Waals surface area (Å²) in [4.78, 5) is 0. The molecule has 0 saturated carbocycles. The summed E-state index contributed by atoms with van der Waals surface area (Å²) in [6.07, 6.45) is 0. The molecule has 7 aromatic carbocycles.